The SMILES string of the molecule is COc1ccccc1CNC(=O)c1cn(C)c2c(=O)n(-c3ccc(Cl)cc3)c(=O)[nH]c12. The third kappa shape index (κ3) is 3.73. The van der Waals surface area contributed by atoms with Gasteiger partial charge in [0.25, 0.3) is 11.5 Å². The number of amides is 1. The highest BCUT2D eigenvalue weighted by molar-refractivity contribution is 6.30. The van der Waals surface area contributed by atoms with Crippen molar-refractivity contribution in [2.75, 3.05) is 7.11 Å². The molecule has 0 aliphatic rings. The lowest BCUT2D eigenvalue weighted by molar-refractivity contribution is 0.0952. The predicted molar refractivity (Wildman–Crippen MR) is 118 cm³/mol. The largest absolute Gasteiger partial charge is 0.496 e. The molecule has 0 radical (unpaired) electrons. The number of aryl methyl sites for hydroxylation is 1. The van der Waals surface area contributed by atoms with E-state index in [0.717, 1.165) is 10.1 Å². The molecule has 4 aromatic rings. The number of rotatable bonds is 5. The zero-order valence-electron chi connectivity index (χ0n) is 16.8. The lowest BCUT2D eigenvalue weighted by Gasteiger charge is -2.09. The van der Waals surface area contributed by atoms with Crippen molar-refractivity contribution in [2.24, 2.45) is 7.05 Å². The van der Waals surface area contributed by atoms with Crippen LogP contribution in [0.2, 0.25) is 5.02 Å². The smallest absolute Gasteiger partial charge is 0.333 e. The van der Waals surface area contributed by atoms with Crippen molar-refractivity contribution in [3.63, 3.8) is 0 Å². The molecule has 0 aliphatic carbocycles. The molecule has 0 saturated heterocycles. The second-order valence-electron chi connectivity index (χ2n) is 6.92. The number of halogens is 1. The summed E-state index contributed by atoms with van der Waals surface area (Å²) in [5.41, 5.74) is 0.581. The fourth-order valence-corrected chi connectivity index (χ4v) is 3.61. The molecule has 2 N–H and O–H groups in total. The lowest BCUT2D eigenvalue weighted by Crippen LogP contribution is -2.34. The van der Waals surface area contributed by atoms with E-state index < -0.39 is 17.2 Å². The highest BCUT2D eigenvalue weighted by atomic mass is 35.5. The van der Waals surface area contributed by atoms with E-state index >= 15 is 0 Å². The number of H-pyrrole nitrogens is 1. The average molecular weight is 439 g/mol. The molecule has 2 aromatic heterocycles. The van der Waals surface area contributed by atoms with Crippen molar-refractivity contribution < 1.29 is 9.53 Å². The van der Waals surface area contributed by atoms with Crippen molar-refractivity contribution in [2.45, 2.75) is 6.54 Å². The van der Waals surface area contributed by atoms with E-state index in [1.54, 1.807) is 44.5 Å². The van der Waals surface area contributed by atoms with Gasteiger partial charge in [0.05, 0.1) is 23.9 Å². The molecule has 0 bridgehead atoms. The van der Waals surface area contributed by atoms with Crippen LogP contribution in [0.1, 0.15) is 15.9 Å². The third-order valence-corrected chi connectivity index (χ3v) is 5.24. The molecule has 9 heteroatoms. The van der Waals surface area contributed by atoms with Crippen LogP contribution in [0.3, 0.4) is 0 Å². The van der Waals surface area contributed by atoms with Crippen LogP contribution in [-0.4, -0.2) is 27.1 Å². The maximum Gasteiger partial charge on any atom is 0.333 e. The van der Waals surface area contributed by atoms with Crippen LogP contribution >= 0.6 is 11.6 Å². The zero-order chi connectivity index (χ0) is 22.1. The first-order valence-corrected chi connectivity index (χ1v) is 9.79. The summed E-state index contributed by atoms with van der Waals surface area (Å²) in [6.07, 6.45) is 1.52. The number of hydrogen-bond donors (Lipinski definition) is 2. The van der Waals surface area contributed by atoms with Crippen LogP contribution < -0.4 is 21.3 Å². The summed E-state index contributed by atoms with van der Waals surface area (Å²) in [6, 6.07) is 13.7. The third-order valence-electron chi connectivity index (χ3n) is 4.98. The number of hydrogen-bond acceptors (Lipinski definition) is 4. The summed E-state index contributed by atoms with van der Waals surface area (Å²) in [6.45, 7) is 0.227. The van der Waals surface area contributed by atoms with E-state index in [1.807, 2.05) is 18.2 Å². The first-order valence-electron chi connectivity index (χ1n) is 9.41. The van der Waals surface area contributed by atoms with Crippen LogP contribution in [0.25, 0.3) is 16.7 Å². The molecular weight excluding hydrogens is 420 g/mol. The molecule has 0 fully saturated rings. The zero-order valence-corrected chi connectivity index (χ0v) is 17.6. The Morgan fingerprint density at radius 3 is 2.55 bits per heavy atom. The van der Waals surface area contributed by atoms with Gasteiger partial charge in [-0.3, -0.25) is 9.59 Å². The van der Waals surface area contributed by atoms with E-state index in [0.29, 0.717) is 16.5 Å². The molecule has 0 unspecified atom stereocenters. The highest BCUT2D eigenvalue weighted by Gasteiger charge is 2.20. The number of ether oxygens (including phenoxy) is 1. The van der Waals surface area contributed by atoms with Gasteiger partial charge in [0.1, 0.15) is 11.3 Å². The number of carbonyl (C=O) groups is 1. The fourth-order valence-electron chi connectivity index (χ4n) is 3.49. The van der Waals surface area contributed by atoms with Crippen LogP contribution in [0, 0.1) is 0 Å². The number of aromatic amines is 1. The molecule has 0 atom stereocenters. The van der Waals surface area contributed by atoms with Gasteiger partial charge in [-0.15, -0.1) is 0 Å². The normalized spacial score (nSPS) is 10.9. The number of methoxy groups -OCH3 is 1. The van der Waals surface area contributed by atoms with Gasteiger partial charge < -0.3 is 19.6 Å². The Morgan fingerprint density at radius 1 is 1.13 bits per heavy atom. The molecule has 2 heterocycles. The summed E-state index contributed by atoms with van der Waals surface area (Å²) in [5, 5.41) is 3.30. The minimum atomic E-state index is -0.648. The van der Waals surface area contributed by atoms with Gasteiger partial charge in [-0.25, -0.2) is 9.36 Å². The van der Waals surface area contributed by atoms with Crippen LogP contribution in [0.5, 0.6) is 5.75 Å². The van der Waals surface area contributed by atoms with Gasteiger partial charge >= 0.3 is 5.69 Å². The molecule has 4 rings (SSSR count). The van der Waals surface area contributed by atoms with Gasteiger partial charge in [-0.05, 0) is 30.3 Å². The monoisotopic (exact) mass is 438 g/mol. The highest BCUT2D eigenvalue weighted by Crippen LogP contribution is 2.19. The molecule has 0 saturated carbocycles. The Bertz CT molecular complexity index is 1400. The molecule has 8 nitrogen and oxygen atoms in total. The van der Waals surface area contributed by atoms with Crippen molar-refractivity contribution in [3.05, 3.63) is 91.7 Å². The number of nitrogens with zero attached hydrogens (tertiary/aromatic N) is 2. The Labute approximate surface area is 181 Å². The summed E-state index contributed by atoms with van der Waals surface area (Å²) in [7, 11) is 3.20. The maximum atomic E-state index is 13.1. The molecule has 0 aliphatic heterocycles. The molecule has 158 valence electrons. The van der Waals surface area contributed by atoms with Gasteiger partial charge in [0.15, 0.2) is 0 Å². The van der Waals surface area contributed by atoms with Gasteiger partial charge in [0.2, 0.25) is 0 Å². The van der Waals surface area contributed by atoms with E-state index in [4.69, 9.17) is 16.3 Å². The number of aromatic nitrogens is 3. The maximum absolute atomic E-state index is 13.1. The molecule has 31 heavy (non-hydrogen) atoms. The first-order chi connectivity index (χ1) is 14.9. The number of fused-ring (bicyclic) bond motifs is 1. The second-order valence-corrected chi connectivity index (χ2v) is 7.36. The minimum absolute atomic E-state index is 0.181. The van der Waals surface area contributed by atoms with E-state index in [1.165, 1.54) is 10.8 Å². The van der Waals surface area contributed by atoms with Crippen LogP contribution in [0.4, 0.5) is 0 Å². The Kier molecular flexibility index (Phi) is 5.39. The number of nitrogens with one attached hydrogen (secondary N) is 2. The van der Waals surface area contributed by atoms with E-state index in [2.05, 4.69) is 10.3 Å². The van der Waals surface area contributed by atoms with Crippen molar-refractivity contribution in [1.82, 2.24) is 19.4 Å². The van der Waals surface area contributed by atoms with Gasteiger partial charge in [-0.2, -0.15) is 0 Å². The van der Waals surface area contributed by atoms with Crippen molar-refractivity contribution >= 4 is 28.5 Å². The number of carbonyl (C=O) groups excluding carboxylic acids is 1. The van der Waals surface area contributed by atoms with Crippen LogP contribution in [0.15, 0.2) is 64.3 Å². The van der Waals surface area contributed by atoms with E-state index in [-0.39, 0.29) is 23.1 Å². The van der Waals surface area contributed by atoms with Crippen LogP contribution in [-0.2, 0) is 13.6 Å². The molecular formula is C22H19ClN4O4. The Balaban J connectivity index is 1.73. The summed E-state index contributed by atoms with van der Waals surface area (Å²) in [5.74, 6) is 0.232. The van der Waals surface area contributed by atoms with E-state index in [9.17, 15) is 14.4 Å². The molecule has 2 aromatic carbocycles. The standard InChI is InChI=1S/C22H19ClN4O4/c1-26-12-16(20(28)24-11-13-5-3-4-6-17(13)31-2)18-19(26)21(29)27(22(30)25-18)15-9-7-14(23)8-10-15/h3-10,12H,11H2,1-2H3,(H,24,28)(H,25,30). The molecule has 1 amide bonds. The topological polar surface area (TPSA) is 98.1 Å². The second kappa shape index (κ2) is 8.16. The summed E-state index contributed by atoms with van der Waals surface area (Å²) >= 11 is 5.90. The fraction of sp³-hybridized carbons (Fsp3) is 0.136. The van der Waals surface area contributed by atoms with Gasteiger partial charge in [-0.1, -0.05) is 29.8 Å². The number of para-hydroxylation sites is 1. The van der Waals surface area contributed by atoms with Gasteiger partial charge in [0, 0.05) is 30.4 Å². The average Bonchev–Trinajstić information content (AvgIpc) is 3.09. The summed E-state index contributed by atoms with van der Waals surface area (Å²) in [4.78, 5) is 41.3. The predicted octanol–water partition coefficient (Wildman–Crippen LogP) is 2.61. The Morgan fingerprint density at radius 2 is 1.84 bits per heavy atom. The first kappa shape index (κ1) is 20.5. The van der Waals surface area contributed by atoms with Crippen molar-refractivity contribution in [1.29, 1.82) is 0 Å². The molecule has 0 spiro atoms. The lowest BCUT2D eigenvalue weighted by atomic mass is 10.2. The quantitative estimate of drug-likeness (QED) is 0.500. The van der Waals surface area contributed by atoms with Crippen molar-refractivity contribution in [3.8, 4) is 11.4 Å². The number of benzene rings is 2. The summed E-state index contributed by atoms with van der Waals surface area (Å²) < 4.78 is 7.83. The minimum Gasteiger partial charge on any atom is -0.496 e. The Hall–Kier alpha value is -3.78.